The largest absolute Gasteiger partial charge is 0.352 e. The van der Waals surface area contributed by atoms with Crippen molar-refractivity contribution in [1.82, 2.24) is 10.6 Å². The van der Waals surface area contributed by atoms with Crippen LogP contribution in [0.2, 0.25) is 0 Å². The third-order valence-corrected chi connectivity index (χ3v) is 2.98. The van der Waals surface area contributed by atoms with Crippen LogP contribution in [0.25, 0.3) is 0 Å². The number of nitrogens with one attached hydrogen (secondary N) is 2. The van der Waals surface area contributed by atoms with Gasteiger partial charge in [0, 0.05) is 18.5 Å². The van der Waals surface area contributed by atoms with E-state index in [9.17, 15) is 4.79 Å². The summed E-state index contributed by atoms with van der Waals surface area (Å²) < 4.78 is 0. The molecule has 82 valence electrons. The van der Waals surface area contributed by atoms with E-state index in [1.54, 1.807) is 0 Å². The Morgan fingerprint density at radius 2 is 2.29 bits per heavy atom. The molecule has 0 aliphatic carbocycles. The fraction of sp³-hybridized carbons (Fsp3) is 0.909. The van der Waals surface area contributed by atoms with Crippen molar-refractivity contribution >= 4 is 5.91 Å². The van der Waals surface area contributed by atoms with Crippen molar-refractivity contribution in [2.45, 2.75) is 39.7 Å². The van der Waals surface area contributed by atoms with Gasteiger partial charge in [-0.05, 0) is 25.3 Å². The SMILES string of the molecule is CCC(C)C(=O)NC1CNCC(C)C1. The highest BCUT2D eigenvalue weighted by molar-refractivity contribution is 5.78. The van der Waals surface area contributed by atoms with Crippen LogP contribution < -0.4 is 10.6 Å². The molecular formula is C11H22N2O. The lowest BCUT2D eigenvalue weighted by atomic mass is 9.97. The highest BCUT2D eigenvalue weighted by atomic mass is 16.1. The van der Waals surface area contributed by atoms with Gasteiger partial charge in [-0.1, -0.05) is 20.8 Å². The summed E-state index contributed by atoms with van der Waals surface area (Å²) in [7, 11) is 0. The highest BCUT2D eigenvalue weighted by Gasteiger charge is 2.21. The zero-order chi connectivity index (χ0) is 10.6. The maximum atomic E-state index is 11.6. The summed E-state index contributed by atoms with van der Waals surface area (Å²) >= 11 is 0. The Kier molecular flexibility index (Phi) is 4.39. The predicted molar refractivity (Wildman–Crippen MR) is 58.0 cm³/mol. The Labute approximate surface area is 86.6 Å². The van der Waals surface area contributed by atoms with Crippen LogP contribution >= 0.6 is 0 Å². The van der Waals surface area contributed by atoms with E-state index >= 15 is 0 Å². The summed E-state index contributed by atoms with van der Waals surface area (Å²) in [5.74, 6) is 1.02. The molecule has 2 N–H and O–H groups in total. The third kappa shape index (κ3) is 3.29. The molecule has 1 aliphatic rings. The molecule has 1 rings (SSSR count). The Balaban J connectivity index is 2.32. The molecule has 1 aliphatic heterocycles. The van der Waals surface area contributed by atoms with Crippen molar-refractivity contribution in [3.63, 3.8) is 0 Å². The van der Waals surface area contributed by atoms with E-state index in [1.165, 1.54) is 0 Å². The van der Waals surface area contributed by atoms with Crippen LogP contribution in [0.5, 0.6) is 0 Å². The van der Waals surface area contributed by atoms with Crippen molar-refractivity contribution < 1.29 is 4.79 Å². The lowest BCUT2D eigenvalue weighted by molar-refractivity contribution is -0.125. The summed E-state index contributed by atoms with van der Waals surface area (Å²) in [6, 6.07) is 0.334. The Morgan fingerprint density at radius 1 is 1.57 bits per heavy atom. The first-order valence-corrected chi connectivity index (χ1v) is 5.64. The van der Waals surface area contributed by atoms with Crippen LogP contribution in [0.1, 0.15) is 33.6 Å². The molecule has 0 aromatic heterocycles. The minimum atomic E-state index is 0.146. The summed E-state index contributed by atoms with van der Waals surface area (Å²) in [4.78, 5) is 11.6. The molecule has 3 atom stereocenters. The van der Waals surface area contributed by atoms with Gasteiger partial charge in [0.1, 0.15) is 0 Å². The minimum absolute atomic E-state index is 0.146. The van der Waals surface area contributed by atoms with Crippen molar-refractivity contribution in [2.75, 3.05) is 13.1 Å². The fourth-order valence-corrected chi connectivity index (χ4v) is 1.80. The average molecular weight is 198 g/mol. The van der Waals surface area contributed by atoms with Gasteiger partial charge in [0.25, 0.3) is 0 Å². The molecule has 0 radical (unpaired) electrons. The summed E-state index contributed by atoms with van der Waals surface area (Å²) in [5, 5.41) is 6.43. The van der Waals surface area contributed by atoms with E-state index in [0.29, 0.717) is 12.0 Å². The quantitative estimate of drug-likeness (QED) is 0.714. The molecule has 1 heterocycles. The lowest BCUT2D eigenvalue weighted by Gasteiger charge is -2.29. The first-order valence-electron chi connectivity index (χ1n) is 5.64. The van der Waals surface area contributed by atoms with Gasteiger partial charge in [-0.3, -0.25) is 4.79 Å². The van der Waals surface area contributed by atoms with Crippen LogP contribution in [-0.2, 0) is 4.79 Å². The normalized spacial score (nSPS) is 29.6. The second-order valence-corrected chi connectivity index (χ2v) is 4.51. The van der Waals surface area contributed by atoms with Crippen molar-refractivity contribution in [1.29, 1.82) is 0 Å². The predicted octanol–water partition coefficient (Wildman–Crippen LogP) is 1.15. The highest BCUT2D eigenvalue weighted by Crippen LogP contribution is 2.10. The molecular weight excluding hydrogens is 176 g/mol. The van der Waals surface area contributed by atoms with E-state index in [4.69, 9.17) is 0 Å². The van der Waals surface area contributed by atoms with Gasteiger partial charge in [-0.2, -0.15) is 0 Å². The Morgan fingerprint density at radius 3 is 2.86 bits per heavy atom. The van der Waals surface area contributed by atoms with Crippen molar-refractivity contribution in [3.05, 3.63) is 0 Å². The van der Waals surface area contributed by atoms with Gasteiger partial charge in [-0.15, -0.1) is 0 Å². The molecule has 3 heteroatoms. The van der Waals surface area contributed by atoms with E-state index < -0.39 is 0 Å². The van der Waals surface area contributed by atoms with E-state index in [2.05, 4.69) is 17.6 Å². The maximum Gasteiger partial charge on any atom is 0.223 e. The number of hydrogen-bond acceptors (Lipinski definition) is 2. The van der Waals surface area contributed by atoms with Crippen molar-refractivity contribution in [3.8, 4) is 0 Å². The number of hydrogen-bond donors (Lipinski definition) is 2. The van der Waals surface area contributed by atoms with E-state index in [-0.39, 0.29) is 11.8 Å². The molecule has 0 aromatic rings. The van der Waals surface area contributed by atoms with Gasteiger partial charge in [0.05, 0.1) is 0 Å². The van der Waals surface area contributed by atoms with Crippen molar-refractivity contribution in [2.24, 2.45) is 11.8 Å². The van der Waals surface area contributed by atoms with Gasteiger partial charge in [0.15, 0.2) is 0 Å². The monoisotopic (exact) mass is 198 g/mol. The van der Waals surface area contributed by atoms with E-state index in [1.807, 2.05) is 13.8 Å². The van der Waals surface area contributed by atoms with Crippen LogP contribution in [-0.4, -0.2) is 25.0 Å². The Hall–Kier alpha value is -0.570. The zero-order valence-electron chi connectivity index (χ0n) is 9.47. The first kappa shape index (κ1) is 11.5. The standard InChI is InChI=1S/C11H22N2O/c1-4-9(3)11(14)13-10-5-8(2)6-12-7-10/h8-10,12H,4-7H2,1-3H3,(H,13,14). The summed E-state index contributed by atoms with van der Waals surface area (Å²) in [6.07, 6.45) is 2.02. The lowest BCUT2D eigenvalue weighted by Crippen LogP contribution is -2.49. The van der Waals surface area contributed by atoms with Gasteiger partial charge >= 0.3 is 0 Å². The van der Waals surface area contributed by atoms with Gasteiger partial charge < -0.3 is 10.6 Å². The van der Waals surface area contributed by atoms with Gasteiger partial charge in [-0.25, -0.2) is 0 Å². The van der Waals surface area contributed by atoms with Crippen LogP contribution in [0, 0.1) is 11.8 Å². The summed E-state index contributed by atoms with van der Waals surface area (Å²) in [5.41, 5.74) is 0. The van der Waals surface area contributed by atoms with Crippen LogP contribution in [0.4, 0.5) is 0 Å². The molecule has 1 fully saturated rings. The van der Waals surface area contributed by atoms with Gasteiger partial charge in [0.2, 0.25) is 5.91 Å². The molecule has 0 aromatic carbocycles. The molecule has 3 nitrogen and oxygen atoms in total. The van der Waals surface area contributed by atoms with Crippen LogP contribution in [0.15, 0.2) is 0 Å². The third-order valence-electron chi connectivity index (χ3n) is 2.98. The first-order chi connectivity index (χ1) is 6.63. The minimum Gasteiger partial charge on any atom is -0.352 e. The second-order valence-electron chi connectivity index (χ2n) is 4.51. The fourth-order valence-electron chi connectivity index (χ4n) is 1.80. The number of carbonyl (C=O) groups excluding carboxylic acids is 1. The molecule has 0 spiro atoms. The topological polar surface area (TPSA) is 41.1 Å². The Bertz CT molecular complexity index is 194. The van der Waals surface area contributed by atoms with E-state index in [0.717, 1.165) is 25.9 Å². The van der Waals surface area contributed by atoms with Crippen LogP contribution in [0.3, 0.4) is 0 Å². The molecule has 1 saturated heterocycles. The number of carbonyl (C=O) groups is 1. The number of rotatable bonds is 3. The molecule has 1 amide bonds. The molecule has 0 bridgehead atoms. The summed E-state index contributed by atoms with van der Waals surface area (Å²) in [6.45, 7) is 8.25. The smallest absolute Gasteiger partial charge is 0.223 e. The zero-order valence-corrected chi connectivity index (χ0v) is 9.47. The average Bonchev–Trinajstić information content (AvgIpc) is 2.16. The molecule has 3 unspecified atom stereocenters. The maximum absolute atomic E-state index is 11.6. The molecule has 0 saturated carbocycles. The second kappa shape index (κ2) is 5.35. The number of amides is 1. The molecule has 14 heavy (non-hydrogen) atoms. The number of piperidine rings is 1.